The van der Waals surface area contributed by atoms with Crippen molar-refractivity contribution < 1.29 is 9.84 Å². The number of thiophene rings is 1. The van der Waals surface area contributed by atoms with E-state index in [1.54, 1.807) is 37.7 Å². The van der Waals surface area contributed by atoms with Crippen LogP contribution < -0.4 is 4.74 Å². The van der Waals surface area contributed by atoms with Crippen LogP contribution in [0, 0.1) is 0 Å². The molecule has 27 heavy (non-hydrogen) atoms. The number of aromatic nitrogens is 4. The van der Waals surface area contributed by atoms with E-state index in [1.807, 2.05) is 18.2 Å². The molecule has 3 aromatic heterocycles. The number of aliphatic hydroxyl groups is 1. The van der Waals surface area contributed by atoms with Gasteiger partial charge in [0.25, 0.3) is 0 Å². The maximum absolute atomic E-state index is 11.1. The lowest BCUT2D eigenvalue weighted by Gasteiger charge is -2.13. The third-order valence-corrected chi connectivity index (χ3v) is 5.65. The van der Waals surface area contributed by atoms with Crippen LogP contribution in [0.2, 0.25) is 5.02 Å². The molecule has 6 nitrogen and oxygen atoms in total. The number of hydrogen-bond donors (Lipinski definition) is 2. The average molecular weight is 399 g/mol. The average Bonchev–Trinajstić information content (AvgIpc) is 3.37. The van der Waals surface area contributed by atoms with Crippen molar-refractivity contribution in [3.63, 3.8) is 0 Å². The third-order valence-electron chi connectivity index (χ3n) is 4.14. The molecule has 1 aromatic carbocycles. The summed E-state index contributed by atoms with van der Waals surface area (Å²) < 4.78 is 5.19. The highest BCUT2D eigenvalue weighted by Crippen LogP contribution is 2.42. The van der Waals surface area contributed by atoms with E-state index in [4.69, 9.17) is 16.3 Å². The van der Waals surface area contributed by atoms with E-state index in [2.05, 4.69) is 20.2 Å². The molecule has 0 bridgehead atoms. The fourth-order valence-corrected chi connectivity index (χ4v) is 4.21. The molecule has 0 spiro atoms. The normalized spacial score (nSPS) is 12.1. The van der Waals surface area contributed by atoms with Gasteiger partial charge in [-0.25, -0.2) is 0 Å². The third kappa shape index (κ3) is 3.44. The van der Waals surface area contributed by atoms with Gasteiger partial charge in [-0.2, -0.15) is 0 Å². The summed E-state index contributed by atoms with van der Waals surface area (Å²) in [6.07, 6.45) is 4.12. The van der Waals surface area contributed by atoms with Crippen molar-refractivity contribution in [2.45, 2.75) is 6.10 Å². The topological polar surface area (TPSA) is 83.9 Å². The predicted molar refractivity (Wildman–Crippen MR) is 105 cm³/mol. The predicted octanol–water partition coefficient (Wildman–Crippen LogP) is 4.34. The molecule has 8 heteroatoms. The Morgan fingerprint density at radius 2 is 2.00 bits per heavy atom. The number of nitrogens with zero attached hydrogens (tertiary/aromatic N) is 3. The molecule has 0 aliphatic rings. The summed E-state index contributed by atoms with van der Waals surface area (Å²) in [4.78, 5) is 8.89. The van der Waals surface area contributed by atoms with Crippen LogP contribution in [0.1, 0.15) is 17.2 Å². The Morgan fingerprint density at radius 1 is 1.19 bits per heavy atom. The molecule has 0 aliphatic carbocycles. The van der Waals surface area contributed by atoms with Crippen LogP contribution in [-0.4, -0.2) is 32.4 Å². The van der Waals surface area contributed by atoms with Crippen molar-refractivity contribution in [3.8, 4) is 26.9 Å². The standard InChI is InChI=1S/C19H15ClN4O2S/c1-26-15-3-2-12(8-14(15)20)17(25)13-9-16(11-4-6-21-7-5-11)27-18(13)19-22-10-23-24-19/h2-10,17,25H,1H3,(H,22,23,24). The smallest absolute Gasteiger partial charge is 0.171 e. The Hall–Kier alpha value is -2.74. The molecule has 0 fully saturated rings. The Balaban J connectivity index is 1.81. The highest BCUT2D eigenvalue weighted by molar-refractivity contribution is 7.19. The monoisotopic (exact) mass is 398 g/mol. The molecule has 4 aromatic rings. The van der Waals surface area contributed by atoms with Crippen LogP contribution in [0.5, 0.6) is 5.75 Å². The van der Waals surface area contributed by atoms with Crippen molar-refractivity contribution in [3.05, 3.63) is 71.3 Å². The van der Waals surface area contributed by atoms with Gasteiger partial charge in [-0.3, -0.25) is 4.98 Å². The second kappa shape index (κ2) is 7.48. The van der Waals surface area contributed by atoms with E-state index in [9.17, 15) is 5.11 Å². The van der Waals surface area contributed by atoms with Gasteiger partial charge < -0.3 is 14.8 Å². The van der Waals surface area contributed by atoms with Gasteiger partial charge >= 0.3 is 0 Å². The molecule has 3 heterocycles. The molecule has 136 valence electrons. The summed E-state index contributed by atoms with van der Waals surface area (Å²) in [5.74, 6) is 1.17. The molecular formula is C19H15ClN4O2S. The lowest BCUT2D eigenvalue weighted by Crippen LogP contribution is -2.00. The summed E-state index contributed by atoms with van der Waals surface area (Å²) in [5, 5.41) is 19.5. The molecule has 1 atom stereocenters. The molecule has 4 rings (SSSR count). The van der Waals surface area contributed by atoms with Crippen LogP contribution in [0.25, 0.3) is 21.1 Å². The first-order valence-corrected chi connectivity index (χ1v) is 9.29. The number of halogens is 1. The number of aromatic amines is 1. The number of rotatable bonds is 5. The summed E-state index contributed by atoms with van der Waals surface area (Å²) in [7, 11) is 1.55. The van der Waals surface area contributed by atoms with E-state index in [0.717, 1.165) is 20.9 Å². The van der Waals surface area contributed by atoms with Crippen molar-refractivity contribution in [1.29, 1.82) is 0 Å². The van der Waals surface area contributed by atoms with E-state index >= 15 is 0 Å². The zero-order valence-electron chi connectivity index (χ0n) is 14.3. The Bertz CT molecular complexity index is 1050. The van der Waals surface area contributed by atoms with Gasteiger partial charge in [-0.1, -0.05) is 17.7 Å². The molecule has 2 N–H and O–H groups in total. The second-order valence-corrected chi connectivity index (χ2v) is 7.22. The number of methoxy groups -OCH3 is 1. The van der Waals surface area contributed by atoms with Crippen LogP contribution in [-0.2, 0) is 0 Å². The van der Waals surface area contributed by atoms with Crippen molar-refractivity contribution in [1.82, 2.24) is 20.2 Å². The molecule has 0 saturated carbocycles. The highest BCUT2D eigenvalue weighted by atomic mass is 35.5. The molecule has 0 radical (unpaired) electrons. The van der Waals surface area contributed by atoms with Crippen LogP contribution in [0.15, 0.2) is 55.1 Å². The minimum absolute atomic E-state index is 0.444. The van der Waals surface area contributed by atoms with Gasteiger partial charge in [0.05, 0.1) is 17.0 Å². The zero-order chi connectivity index (χ0) is 18.8. The first-order valence-electron chi connectivity index (χ1n) is 8.09. The van der Waals surface area contributed by atoms with Crippen molar-refractivity contribution in [2.75, 3.05) is 7.11 Å². The van der Waals surface area contributed by atoms with E-state index in [0.29, 0.717) is 22.2 Å². The lowest BCUT2D eigenvalue weighted by atomic mass is 10.0. The largest absolute Gasteiger partial charge is 0.495 e. The van der Waals surface area contributed by atoms with Crippen LogP contribution in [0.3, 0.4) is 0 Å². The Kier molecular flexibility index (Phi) is 4.89. The quantitative estimate of drug-likeness (QED) is 0.522. The van der Waals surface area contributed by atoms with Gasteiger partial charge in [0.2, 0.25) is 0 Å². The number of pyridine rings is 1. The van der Waals surface area contributed by atoms with Gasteiger partial charge in [-0.05, 0) is 41.5 Å². The fourth-order valence-electron chi connectivity index (χ4n) is 2.80. The molecule has 0 aliphatic heterocycles. The molecule has 1 unspecified atom stereocenters. The molecule has 0 amide bonds. The zero-order valence-corrected chi connectivity index (χ0v) is 15.8. The number of H-pyrrole nitrogens is 1. The maximum atomic E-state index is 11.1. The molecular weight excluding hydrogens is 384 g/mol. The van der Waals surface area contributed by atoms with E-state index in [-0.39, 0.29) is 0 Å². The number of nitrogens with one attached hydrogen (secondary N) is 1. The van der Waals surface area contributed by atoms with E-state index < -0.39 is 6.10 Å². The van der Waals surface area contributed by atoms with Crippen LogP contribution in [0.4, 0.5) is 0 Å². The second-order valence-electron chi connectivity index (χ2n) is 5.77. The SMILES string of the molecule is COc1ccc(C(O)c2cc(-c3ccncc3)sc2-c2nnc[nH]2)cc1Cl. The summed E-state index contributed by atoms with van der Waals surface area (Å²) in [6, 6.07) is 11.1. The Labute approximate surface area is 164 Å². The summed E-state index contributed by atoms with van der Waals surface area (Å²) in [5.41, 5.74) is 2.41. The van der Waals surface area contributed by atoms with Gasteiger partial charge in [0, 0.05) is 22.8 Å². The minimum Gasteiger partial charge on any atom is -0.495 e. The first kappa shape index (κ1) is 17.7. The molecule has 0 saturated heterocycles. The van der Waals surface area contributed by atoms with Crippen molar-refractivity contribution >= 4 is 22.9 Å². The number of aliphatic hydroxyl groups excluding tert-OH is 1. The maximum Gasteiger partial charge on any atom is 0.171 e. The first-order chi connectivity index (χ1) is 13.2. The van der Waals surface area contributed by atoms with Gasteiger partial charge in [0.1, 0.15) is 18.2 Å². The lowest BCUT2D eigenvalue weighted by molar-refractivity contribution is 0.221. The Morgan fingerprint density at radius 3 is 2.67 bits per heavy atom. The van der Waals surface area contributed by atoms with Crippen LogP contribution >= 0.6 is 22.9 Å². The van der Waals surface area contributed by atoms with E-state index in [1.165, 1.54) is 17.7 Å². The van der Waals surface area contributed by atoms with Gasteiger partial charge in [-0.15, -0.1) is 21.5 Å². The van der Waals surface area contributed by atoms with Crippen molar-refractivity contribution in [2.24, 2.45) is 0 Å². The summed E-state index contributed by atoms with van der Waals surface area (Å²) >= 11 is 7.76. The fraction of sp³-hybridized carbons (Fsp3) is 0.105. The summed E-state index contributed by atoms with van der Waals surface area (Å²) in [6.45, 7) is 0. The highest BCUT2D eigenvalue weighted by Gasteiger charge is 2.22. The number of ether oxygens (including phenoxy) is 1. The minimum atomic E-state index is -0.875. The number of hydrogen-bond acceptors (Lipinski definition) is 6. The van der Waals surface area contributed by atoms with Gasteiger partial charge in [0.15, 0.2) is 5.82 Å². The number of benzene rings is 1.